The molecule has 5 rings (SSSR count). The van der Waals surface area contributed by atoms with Gasteiger partial charge in [0.25, 0.3) is 0 Å². The van der Waals surface area contributed by atoms with Crippen LogP contribution in [-0.2, 0) is 16.0 Å². The Bertz CT molecular complexity index is 701. The van der Waals surface area contributed by atoms with Crippen molar-refractivity contribution in [2.75, 3.05) is 0 Å². The number of rotatable bonds is 3. The second-order valence-electron chi connectivity index (χ2n) is 7.94. The number of carbonyl (C=O) groups is 2. The highest BCUT2D eigenvalue weighted by molar-refractivity contribution is 7.73. The number of hydrogen-bond donors (Lipinski definition) is 3. The molecule has 4 aliphatic carbocycles. The Kier molecular flexibility index (Phi) is 4.03. The second-order valence-corrected chi connectivity index (χ2v) is 9.71. The third kappa shape index (κ3) is 2.92. The lowest BCUT2D eigenvalue weighted by Gasteiger charge is -2.55. The van der Waals surface area contributed by atoms with Gasteiger partial charge in [0.2, 0.25) is 11.8 Å². The van der Waals surface area contributed by atoms with E-state index in [2.05, 4.69) is 15.8 Å². The zero-order chi connectivity index (χ0) is 16.9. The van der Waals surface area contributed by atoms with E-state index in [1.807, 2.05) is 6.92 Å². The molecule has 2 amide bonds. The SMILES string of the molecule is Cc1[nH]c(=S)sc1CC(=O)NNC(=O)C12CC3CC(CC(C3)C1)C2. The minimum Gasteiger partial charge on any atom is -0.341 e. The van der Waals surface area contributed by atoms with Crippen LogP contribution in [0.2, 0.25) is 0 Å². The molecule has 0 unspecified atom stereocenters. The highest BCUT2D eigenvalue weighted by atomic mass is 32.1. The number of H-pyrrole nitrogens is 1. The fraction of sp³-hybridized carbons (Fsp3) is 0.706. The summed E-state index contributed by atoms with van der Waals surface area (Å²) >= 11 is 6.50. The molecule has 24 heavy (non-hydrogen) atoms. The fourth-order valence-corrected chi connectivity index (χ4v) is 6.73. The monoisotopic (exact) mass is 365 g/mol. The van der Waals surface area contributed by atoms with Crippen molar-refractivity contribution in [3.8, 4) is 0 Å². The van der Waals surface area contributed by atoms with Gasteiger partial charge in [-0.2, -0.15) is 0 Å². The van der Waals surface area contributed by atoms with Gasteiger partial charge < -0.3 is 4.98 Å². The van der Waals surface area contributed by atoms with Crippen molar-refractivity contribution >= 4 is 35.4 Å². The molecule has 4 fully saturated rings. The highest BCUT2D eigenvalue weighted by Crippen LogP contribution is 2.59. The second kappa shape index (κ2) is 5.95. The van der Waals surface area contributed by atoms with Crippen molar-refractivity contribution in [3.63, 3.8) is 0 Å². The van der Waals surface area contributed by atoms with Crippen LogP contribution >= 0.6 is 23.6 Å². The van der Waals surface area contributed by atoms with E-state index >= 15 is 0 Å². The van der Waals surface area contributed by atoms with Crippen LogP contribution in [0.15, 0.2) is 0 Å². The summed E-state index contributed by atoms with van der Waals surface area (Å²) in [7, 11) is 0. The van der Waals surface area contributed by atoms with E-state index in [4.69, 9.17) is 12.2 Å². The van der Waals surface area contributed by atoms with Gasteiger partial charge in [-0.15, -0.1) is 11.3 Å². The van der Waals surface area contributed by atoms with E-state index in [0.717, 1.165) is 29.8 Å². The molecule has 0 spiro atoms. The summed E-state index contributed by atoms with van der Waals surface area (Å²) in [5.41, 5.74) is 6.02. The van der Waals surface area contributed by atoms with Gasteiger partial charge >= 0.3 is 0 Å². The molecule has 1 aromatic heterocycles. The van der Waals surface area contributed by atoms with Gasteiger partial charge in [-0.3, -0.25) is 20.4 Å². The summed E-state index contributed by atoms with van der Waals surface area (Å²) in [5, 5.41) is 0. The molecular formula is C17H23N3O2S2. The van der Waals surface area contributed by atoms with Gasteiger partial charge in [0.1, 0.15) is 0 Å². The number of nitrogens with one attached hydrogen (secondary N) is 3. The smallest absolute Gasteiger partial charge is 0.244 e. The molecule has 0 radical (unpaired) electrons. The molecule has 0 atom stereocenters. The Morgan fingerprint density at radius 2 is 1.75 bits per heavy atom. The molecule has 130 valence electrons. The highest BCUT2D eigenvalue weighted by Gasteiger charge is 2.54. The Hall–Kier alpha value is -1.21. The molecular weight excluding hydrogens is 342 g/mol. The summed E-state index contributed by atoms with van der Waals surface area (Å²) < 4.78 is 0.674. The first kappa shape index (κ1) is 16.3. The molecule has 1 aromatic rings. The van der Waals surface area contributed by atoms with E-state index < -0.39 is 0 Å². The summed E-state index contributed by atoms with van der Waals surface area (Å²) in [6.45, 7) is 1.91. The standard InChI is InChI=1S/C17H23N3O2S2/c1-9-13(24-16(23)18-9)5-14(21)19-20-15(22)17-6-10-2-11(7-17)4-12(3-10)8-17/h10-12H,2-8H2,1H3,(H,18,23)(H,19,21)(H,20,22). The molecule has 0 aromatic carbocycles. The van der Waals surface area contributed by atoms with E-state index in [9.17, 15) is 9.59 Å². The van der Waals surface area contributed by atoms with Crippen LogP contribution in [0.5, 0.6) is 0 Å². The summed E-state index contributed by atoms with van der Waals surface area (Å²) in [4.78, 5) is 28.9. The van der Waals surface area contributed by atoms with Crippen molar-refractivity contribution in [3.05, 3.63) is 14.5 Å². The van der Waals surface area contributed by atoms with Crippen molar-refractivity contribution in [2.45, 2.75) is 51.9 Å². The third-order valence-electron chi connectivity index (χ3n) is 6.08. The topological polar surface area (TPSA) is 74.0 Å². The first-order chi connectivity index (χ1) is 11.4. The number of hydrazine groups is 1. The Morgan fingerprint density at radius 3 is 2.25 bits per heavy atom. The Labute approximate surface area is 150 Å². The van der Waals surface area contributed by atoms with Crippen LogP contribution in [0.4, 0.5) is 0 Å². The molecule has 1 heterocycles. The summed E-state index contributed by atoms with van der Waals surface area (Å²) in [6.07, 6.45) is 7.14. The number of carbonyl (C=O) groups excluding carboxylic acids is 2. The zero-order valence-corrected chi connectivity index (χ0v) is 15.4. The number of amides is 2. The average Bonchev–Trinajstić information content (AvgIpc) is 2.81. The fourth-order valence-electron chi connectivity index (χ4n) is 5.44. The molecule has 4 bridgehead atoms. The van der Waals surface area contributed by atoms with E-state index in [0.29, 0.717) is 21.7 Å². The largest absolute Gasteiger partial charge is 0.341 e. The van der Waals surface area contributed by atoms with Gasteiger partial charge in [-0.05, 0) is 75.4 Å². The number of aromatic amines is 1. The van der Waals surface area contributed by atoms with Crippen LogP contribution in [0.1, 0.15) is 49.1 Å². The zero-order valence-electron chi connectivity index (χ0n) is 13.8. The lowest BCUT2D eigenvalue weighted by Crippen LogP contribution is -2.56. The minimum absolute atomic E-state index is 0.0216. The number of aryl methyl sites for hydroxylation is 1. The maximum atomic E-state index is 12.8. The van der Waals surface area contributed by atoms with E-state index in [-0.39, 0.29) is 23.7 Å². The molecule has 5 nitrogen and oxygen atoms in total. The van der Waals surface area contributed by atoms with Gasteiger partial charge in [-0.1, -0.05) is 0 Å². The maximum Gasteiger partial charge on any atom is 0.244 e. The number of aromatic nitrogens is 1. The minimum atomic E-state index is -0.234. The van der Waals surface area contributed by atoms with Crippen molar-refractivity contribution in [2.24, 2.45) is 23.2 Å². The van der Waals surface area contributed by atoms with Crippen molar-refractivity contribution in [1.82, 2.24) is 15.8 Å². The summed E-state index contributed by atoms with van der Waals surface area (Å²) in [5.74, 6) is 1.97. The molecule has 3 N–H and O–H groups in total. The quantitative estimate of drug-likeness (QED) is 0.569. The number of thiazole rings is 1. The predicted molar refractivity (Wildman–Crippen MR) is 94.8 cm³/mol. The Balaban J connectivity index is 1.36. The summed E-state index contributed by atoms with van der Waals surface area (Å²) in [6, 6.07) is 0. The molecule has 0 saturated heterocycles. The lowest BCUT2D eigenvalue weighted by molar-refractivity contribution is -0.148. The van der Waals surface area contributed by atoms with Crippen LogP contribution in [0, 0.1) is 34.0 Å². The van der Waals surface area contributed by atoms with Crippen LogP contribution < -0.4 is 10.9 Å². The maximum absolute atomic E-state index is 12.8. The van der Waals surface area contributed by atoms with E-state index in [1.165, 1.54) is 30.6 Å². The molecule has 4 saturated carbocycles. The predicted octanol–water partition coefficient (Wildman–Crippen LogP) is 3.02. The number of hydrogen-bond acceptors (Lipinski definition) is 4. The van der Waals surface area contributed by atoms with Crippen LogP contribution in [-0.4, -0.2) is 16.8 Å². The van der Waals surface area contributed by atoms with Crippen molar-refractivity contribution < 1.29 is 9.59 Å². The molecule has 4 aliphatic rings. The lowest BCUT2D eigenvalue weighted by atomic mass is 9.49. The van der Waals surface area contributed by atoms with Crippen molar-refractivity contribution in [1.29, 1.82) is 0 Å². The first-order valence-corrected chi connectivity index (χ1v) is 9.94. The first-order valence-electron chi connectivity index (χ1n) is 8.71. The van der Waals surface area contributed by atoms with E-state index in [1.54, 1.807) is 0 Å². The average molecular weight is 366 g/mol. The Morgan fingerprint density at radius 1 is 1.17 bits per heavy atom. The van der Waals surface area contributed by atoms with Crippen LogP contribution in [0.25, 0.3) is 0 Å². The van der Waals surface area contributed by atoms with Gasteiger partial charge in [0.05, 0.1) is 11.8 Å². The third-order valence-corrected chi connectivity index (χ3v) is 7.42. The van der Waals surface area contributed by atoms with Gasteiger partial charge in [-0.25, -0.2) is 0 Å². The van der Waals surface area contributed by atoms with Gasteiger partial charge in [0, 0.05) is 10.6 Å². The van der Waals surface area contributed by atoms with Gasteiger partial charge in [0.15, 0.2) is 3.95 Å². The normalized spacial score (nSPS) is 33.5. The molecule has 0 aliphatic heterocycles. The van der Waals surface area contributed by atoms with Crippen LogP contribution in [0.3, 0.4) is 0 Å². The molecule has 7 heteroatoms.